The van der Waals surface area contributed by atoms with Crippen molar-refractivity contribution in [2.75, 3.05) is 20.1 Å². The average Bonchev–Trinajstić information content (AvgIpc) is 2.88. The Morgan fingerprint density at radius 2 is 2.06 bits per heavy atom. The average molecular weight is 253 g/mol. The Bertz CT molecular complexity index is 303. The maximum atomic E-state index is 12.2. The molecule has 0 heterocycles. The molecule has 4 unspecified atom stereocenters. The van der Waals surface area contributed by atoms with Crippen LogP contribution in [0.15, 0.2) is 0 Å². The summed E-state index contributed by atoms with van der Waals surface area (Å²) in [7, 11) is 2.08. The summed E-state index contributed by atoms with van der Waals surface area (Å²) < 4.78 is 0. The minimum Gasteiger partial charge on any atom is -0.355 e. The highest BCUT2D eigenvalue weighted by Crippen LogP contribution is 2.47. The van der Waals surface area contributed by atoms with Crippen molar-refractivity contribution in [1.82, 2.24) is 10.2 Å². The molecule has 0 radical (unpaired) electrons. The molecule has 2 bridgehead atoms. The molecule has 0 spiro atoms. The van der Waals surface area contributed by atoms with Crippen molar-refractivity contribution in [1.29, 1.82) is 0 Å². The minimum absolute atomic E-state index is 0.0770. The Morgan fingerprint density at radius 3 is 2.61 bits per heavy atom. The first-order valence-electron chi connectivity index (χ1n) is 7.24. The van der Waals surface area contributed by atoms with Crippen LogP contribution in [0.2, 0.25) is 0 Å². The summed E-state index contributed by atoms with van der Waals surface area (Å²) in [4.78, 5) is 14.4. The molecule has 2 rings (SSSR count). The first-order valence-corrected chi connectivity index (χ1v) is 7.24. The van der Waals surface area contributed by atoms with Crippen LogP contribution < -0.4 is 11.1 Å². The van der Waals surface area contributed by atoms with Gasteiger partial charge in [0.15, 0.2) is 0 Å². The molecule has 2 aliphatic carbocycles. The minimum atomic E-state index is 0.0770. The van der Waals surface area contributed by atoms with Crippen LogP contribution in [0.4, 0.5) is 0 Å². The van der Waals surface area contributed by atoms with Crippen molar-refractivity contribution in [3.05, 3.63) is 0 Å². The molecule has 4 heteroatoms. The topological polar surface area (TPSA) is 58.4 Å². The quantitative estimate of drug-likeness (QED) is 0.762. The van der Waals surface area contributed by atoms with Gasteiger partial charge in [-0.05, 0) is 52.0 Å². The molecule has 0 aromatic rings. The molecule has 2 aliphatic rings. The zero-order valence-corrected chi connectivity index (χ0v) is 11.9. The van der Waals surface area contributed by atoms with E-state index >= 15 is 0 Å². The SMILES string of the molecule is CC(C)N(C)CCNC(=O)C1C2CCC(C2)C1N. The number of carbonyl (C=O) groups is 1. The molecule has 104 valence electrons. The predicted octanol–water partition coefficient (Wildman–Crippen LogP) is 0.816. The number of amides is 1. The molecule has 2 fully saturated rings. The van der Waals surface area contributed by atoms with Gasteiger partial charge in [-0.2, -0.15) is 0 Å². The Balaban J connectivity index is 1.75. The van der Waals surface area contributed by atoms with Crippen LogP contribution in [0.25, 0.3) is 0 Å². The highest BCUT2D eigenvalue weighted by molar-refractivity contribution is 5.80. The van der Waals surface area contributed by atoms with Crippen molar-refractivity contribution in [2.45, 2.75) is 45.2 Å². The van der Waals surface area contributed by atoms with E-state index in [2.05, 4.69) is 31.1 Å². The van der Waals surface area contributed by atoms with Gasteiger partial charge in [0.25, 0.3) is 0 Å². The lowest BCUT2D eigenvalue weighted by molar-refractivity contribution is -0.127. The van der Waals surface area contributed by atoms with E-state index < -0.39 is 0 Å². The summed E-state index contributed by atoms with van der Waals surface area (Å²) in [6.45, 7) is 5.95. The maximum Gasteiger partial charge on any atom is 0.225 e. The molecule has 4 atom stereocenters. The second-order valence-corrected chi connectivity index (χ2v) is 6.30. The van der Waals surface area contributed by atoms with E-state index in [1.165, 1.54) is 19.3 Å². The Kier molecular flexibility index (Phi) is 4.28. The van der Waals surface area contributed by atoms with Crippen LogP contribution in [0.5, 0.6) is 0 Å². The molecule has 0 aromatic heterocycles. The van der Waals surface area contributed by atoms with E-state index in [-0.39, 0.29) is 17.9 Å². The number of nitrogens with two attached hydrogens (primary N) is 1. The Hall–Kier alpha value is -0.610. The molecule has 3 N–H and O–H groups in total. The van der Waals surface area contributed by atoms with E-state index in [4.69, 9.17) is 5.73 Å². The molecule has 1 amide bonds. The molecule has 0 saturated heterocycles. The number of nitrogens with zero attached hydrogens (tertiary/aromatic N) is 1. The summed E-state index contributed by atoms with van der Waals surface area (Å²) in [6, 6.07) is 0.623. The third-order valence-electron chi connectivity index (χ3n) is 4.93. The fourth-order valence-corrected chi connectivity index (χ4v) is 3.46. The van der Waals surface area contributed by atoms with Crippen LogP contribution in [-0.4, -0.2) is 43.0 Å². The van der Waals surface area contributed by atoms with Gasteiger partial charge in [0, 0.05) is 25.2 Å². The summed E-state index contributed by atoms with van der Waals surface area (Å²) >= 11 is 0. The van der Waals surface area contributed by atoms with Crippen molar-refractivity contribution < 1.29 is 4.79 Å². The third kappa shape index (κ3) is 2.69. The standard InChI is InChI=1S/C14H27N3O/c1-9(2)17(3)7-6-16-14(18)12-10-4-5-11(8-10)13(12)15/h9-13H,4-8,15H2,1-3H3,(H,16,18). The molecule has 18 heavy (non-hydrogen) atoms. The van der Waals surface area contributed by atoms with Crippen LogP contribution >= 0.6 is 0 Å². The molecule has 0 aliphatic heterocycles. The van der Waals surface area contributed by atoms with Crippen molar-refractivity contribution in [2.24, 2.45) is 23.5 Å². The molecular formula is C14H27N3O. The van der Waals surface area contributed by atoms with Gasteiger partial charge in [0.2, 0.25) is 5.91 Å². The third-order valence-corrected chi connectivity index (χ3v) is 4.93. The highest BCUT2D eigenvalue weighted by atomic mass is 16.1. The van der Waals surface area contributed by atoms with E-state index in [0.29, 0.717) is 17.9 Å². The van der Waals surface area contributed by atoms with Crippen molar-refractivity contribution in [3.8, 4) is 0 Å². The Labute approximate surface area is 110 Å². The molecule has 2 saturated carbocycles. The van der Waals surface area contributed by atoms with Gasteiger partial charge in [-0.1, -0.05) is 0 Å². The van der Waals surface area contributed by atoms with Gasteiger partial charge in [0.05, 0.1) is 5.92 Å². The summed E-state index contributed by atoms with van der Waals surface area (Å²) in [5.74, 6) is 1.41. The first-order chi connectivity index (χ1) is 8.50. The second-order valence-electron chi connectivity index (χ2n) is 6.30. The molecule has 0 aromatic carbocycles. The monoisotopic (exact) mass is 253 g/mol. The van der Waals surface area contributed by atoms with Crippen molar-refractivity contribution in [3.63, 3.8) is 0 Å². The van der Waals surface area contributed by atoms with Gasteiger partial charge >= 0.3 is 0 Å². The van der Waals surface area contributed by atoms with Crippen LogP contribution in [0, 0.1) is 17.8 Å². The molecular weight excluding hydrogens is 226 g/mol. The largest absolute Gasteiger partial charge is 0.355 e. The number of carbonyl (C=O) groups excluding carboxylic acids is 1. The lowest BCUT2D eigenvalue weighted by Gasteiger charge is -2.27. The van der Waals surface area contributed by atoms with E-state index in [1.54, 1.807) is 0 Å². The van der Waals surface area contributed by atoms with Gasteiger partial charge in [-0.15, -0.1) is 0 Å². The fourth-order valence-electron chi connectivity index (χ4n) is 3.46. The number of rotatable bonds is 5. The number of fused-ring (bicyclic) bond motifs is 2. The van der Waals surface area contributed by atoms with E-state index in [1.807, 2.05) is 0 Å². The summed E-state index contributed by atoms with van der Waals surface area (Å²) in [6.07, 6.45) is 3.60. The van der Waals surface area contributed by atoms with Crippen LogP contribution in [0.1, 0.15) is 33.1 Å². The van der Waals surface area contributed by atoms with Gasteiger partial charge in [-0.25, -0.2) is 0 Å². The van der Waals surface area contributed by atoms with Gasteiger partial charge in [0.1, 0.15) is 0 Å². The van der Waals surface area contributed by atoms with Crippen molar-refractivity contribution >= 4 is 5.91 Å². The number of nitrogens with one attached hydrogen (secondary N) is 1. The summed E-state index contributed by atoms with van der Waals surface area (Å²) in [5.41, 5.74) is 6.17. The fraction of sp³-hybridized carbons (Fsp3) is 0.929. The summed E-state index contributed by atoms with van der Waals surface area (Å²) in [5, 5.41) is 3.07. The first kappa shape index (κ1) is 13.8. The zero-order valence-electron chi connectivity index (χ0n) is 11.9. The predicted molar refractivity (Wildman–Crippen MR) is 73.1 cm³/mol. The van der Waals surface area contributed by atoms with E-state index in [9.17, 15) is 4.79 Å². The lowest BCUT2D eigenvalue weighted by atomic mass is 9.84. The normalized spacial score (nSPS) is 34.6. The number of hydrogen-bond acceptors (Lipinski definition) is 3. The van der Waals surface area contributed by atoms with Gasteiger partial charge in [-0.3, -0.25) is 4.79 Å². The lowest BCUT2D eigenvalue weighted by Crippen LogP contribution is -2.46. The molecule has 4 nitrogen and oxygen atoms in total. The van der Waals surface area contributed by atoms with Crippen LogP contribution in [0.3, 0.4) is 0 Å². The zero-order chi connectivity index (χ0) is 13.3. The smallest absolute Gasteiger partial charge is 0.225 e. The maximum absolute atomic E-state index is 12.2. The van der Waals surface area contributed by atoms with E-state index in [0.717, 1.165) is 13.1 Å². The second kappa shape index (κ2) is 5.57. The van der Waals surface area contributed by atoms with Crippen LogP contribution in [-0.2, 0) is 4.79 Å². The number of hydrogen-bond donors (Lipinski definition) is 2. The Morgan fingerprint density at radius 1 is 1.39 bits per heavy atom. The van der Waals surface area contributed by atoms with Gasteiger partial charge < -0.3 is 16.0 Å². The number of likely N-dealkylation sites (N-methyl/N-ethyl adjacent to an activating group) is 1. The highest BCUT2D eigenvalue weighted by Gasteiger charge is 2.48.